The van der Waals surface area contributed by atoms with Gasteiger partial charge in [0, 0.05) is 43.0 Å². The van der Waals surface area contributed by atoms with Gasteiger partial charge in [0.25, 0.3) is 5.91 Å². The average Bonchev–Trinajstić information content (AvgIpc) is 3.15. The first-order chi connectivity index (χ1) is 13.9. The molecule has 154 valence electrons. The van der Waals surface area contributed by atoms with Crippen LogP contribution in [0.1, 0.15) is 37.0 Å². The van der Waals surface area contributed by atoms with Gasteiger partial charge in [-0.1, -0.05) is 13.8 Å². The summed E-state index contributed by atoms with van der Waals surface area (Å²) in [6.07, 6.45) is 1.43. The Morgan fingerprint density at radius 2 is 1.66 bits per heavy atom. The Morgan fingerprint density at radius 1 is 1.03 bits per heavy atom. The molecule has 1 aliphatic heterocycles. The Labute approximate surface area is 171 Å². The molecule has 0 aliphatic carbocycles. The first kappa shape index (κ1) is 21.0. The minimum Gasteiger partial charge on any atom is -0.322 e. The summed E-state index contributed by atoms with van der Waals surface area (Å²) in [6.45, 7) is 5.06. The van der Waals surface area contributed by atoms with E-state index < -0.39 is 10.0 Å². The zero-order chi connectivity index (χ0) is 21.0. The lowest BCUT2D eigenvalue weighted by molar-refractivity contribution is -0.117. The normalized spacial score (nSPS) is 14.4. The van der Waals surface area contributed by atoms with E-state index in [9.17, 15) is 18.0 Å². The highest BCUT2D eigenvalue weighted by Gasteiger charge is 2.22. The van der Waals surface area contributed by atoms with Crippen LogP contribution in [0.5, 0.6) is 0 Å². The summed E-state index contributed by atoms with van der Waals surface area (Å²) in [6, 6.07) is 13.0. The molecule has 0 radical (unpaired) electrons. The number of rotatable bonds is 7. The Bertz CT molecular complexity index is 982. The SMILES string of the molecule is CCN(CC)S(=O)(=O)c1ccc(C(=O)Nc2ccc(N3CCCC3=O)cc2)cc1. The molecule has 2 aromatic carbocycles. The minimum absolute atomic E-state index is 0.113. The second-order valence-electron chi connectivity index (χ2n) is 6.76. The van der Waals surface area contributed by atoms with E-state index in [2.05, 4.69) is 5.32 Å². The van der Waals surface area contributed by atoms with Crippen LogP contribution in [0.2, 0.25) is 0 Å². The number of hydrogen-bond acceptors (Lipinski definition) is 4. The quantitative estimate of drug-likeness (QED) is 0.753. The van der Waals surface area contributed by atoms with Crippen molar-refractivity contribution in [1.29, 1.82) is 0 Å². The van der Waals surface area contributed by atoms with Crippen LogP contribution in [0, 0.1) is 0 Å². The summed E-state index contributed by atoms with van der Waals surface area (Å²) in [4.78, 5) is 26.2. The maximum atomic E-state index is 12.5. The van der Waals surface area contributed by atoms with E-state index in [0.29, 0.717) is 37.3 Å². The summed E-state index contributed by atoms with van der Waals surface area (Å²) in [5.41, 5.74) is 1.78. The fourth-order valence-corrected chi connectivity index (χ4v) is 4.80. The topological polar surface area (TPSA) is 86.8 Å². The number of benzene rings is 2. The molecule has 8 heteroatoms. The van der Waals surface area contributed by atoms with E-state index in [1.807, 2.05) is 0 Å². The van der Waals surface area contributed by atoms with Gasteiger partial charge in [-0.25, -0.2) is 8.42 Å². The van der Waals surface area contributed by atoms with Gasteiger partial charge in [0.05, 0.1) is 4.90 Å². The van der Waals surface area contributed by atoms with Crippen molar-refractivity contribution in [2.45, 2.75) is 31.6 Å². The van der Waals surface area contributed by atoms with Crippen molar-refractivity contribution in [2.75, 3.05) is 29.9 Å². The van der Waals surface area contributed by atoms with Gasteiger partial charge in [-0.2, -0.15) is 4.31 Å². The second-order valence-corrected chi connectivity index (χ2v) is 8.70. The first-order valence-corrected chi connectivity index (χ1v) is 11.1. The lowest BCUT2D eigenvalue weighted by Gasteiger charge is -2.18. The highest BCUT2D eigenvalue weighted by atomic mass is 32.2. The highest BCUT2D eigenvalue weighted by molar-refractivity contribution is 7.89. The van der Waals surface area contributed by atoms with Crippen LogP contribution in [-0.2, 0) is 14.8 Å². The van der Waals surface area contributed by atoms with Crippen molar-refractivity contribution < 1.29 is 18.0 Å². The standard InChI is InChI=1S/C21H25N3O4S/c1-3-23(4-2)29(27,28)19-13-7-16(8-14-19)21(26)22-17-9-11-18(12-10-17)24-15-5-6-20(24)25/h7-14H,3-6,15H2,1-2H3,(H,22,26). The maximum absolute atomic E-state index is 12.5. The molecule has 0 aromatic heterocycles. The van der Waals surface area contributed by atoms with Crippen LogP contribution in [0.25, 0.3) is 0 Å². The van der Waals surface area contributed by atoms with Crippen molar-refractivity contribution in [1.82, 2.24) is 4.31 Å². The number of sulfonamides is 1. The van der Waals surface area contributed by atoms with Crippen LogP contribution in [0.15, 0.2) is 53.4 Å². The number of anilines is 2. The van der Waals surface area contributed by atoms with Crippen LogP contribution >= 0.6 is 0 Å². The number of nitrogens with one attached hydrogen (secondary N) is 1. The lowest BCUT2D eigenvalue weighted by atomic mass is 10.2. The van der Waals surface area contributed by atoms with Gasteiger partial charge in [-0.05, 0) is 55.0 Å². The van der Waals surface area contributed by atoms with E-state index in [0.717, 1.165) is 12.1 Å². The van der Waals surface area contributed by atoms with Gasteiger partial charge in [-0.15, -0.1) is 0 Å². The average molecular weight is 416 g/mol. The van der Waals surface area contributed by atoms with E-state index in [1.54, 1.807) is 43.0 Å². The molecule has 2 aromatic rings. The molecule has 29 heavy (non-hydrogen) atoms. The van der Waals surface area contributed by atoms with E-state index in [4.69, 9.17) is 0 Å². The molecule has 1 fully saturated rings. The number of amides is 2. The molecule has 0 spiro atoms. The summed E-state index contributed by atoms with van der Waals surface area (Å²) >= 11 is 0. The molecule has 0 unspecified atom stereocenters. The fourth-order valence-electron chi connectivity index (χ4n) is 3.34. The third kappa shape index (κ3) is 4.49. The number of hydrogen-bond donors (Lipinski definition) is 1. The second kappa shape index (κ2) is 8.75. The monoisotopic (exact) mass is 415 g/mol. The first-order valence-electron chi connectivity index (χ1n) is 9.68. The third-order valence-corrected chi connectivity index (χ3v) is 7.03. The molecule has 2 amide bonds. The molecule has 1 heterocycles. The van der Waals surface area contributed by atoms with Crippen molar-refractivity contribution >= 4 is 33.2 Å². The Kier molecular flexibility index (Phi) is 6.34. The number of nitrogens with zero attached hydrogens (tertiary/aromatic N) is 2. The molecule has 3 rings (SSSR count). The molecule has 1 aliphatic rings. The van der Waals surface area contributed by atoms with Gasteiger partial charge < -0.3 is 10.2 Å². The van der Waals surface area contributed by atoms with Crippen molar-refractivity contribution in [3.8, 4) is 0 Å². The molecule has 0 atom stereocenters. The molecule has 0 bridgehead atoms. The van der Waals surface area contributed by atoms with E-state index in [1.165, 1.54) is 28.6 Å². The van der Waals surface area contributed by atoms with Gasteiger partial charge >= 0.3 is 0 Å². The number of carbonyl (C=O) groups is 2. The summed E-state index contributed by atoms with van der Waals surface area (Å²) in [7, 11) is -3.55. The summed E-state index contributed by atoms with van der Waals surface area (Å²) in [5.74, 6) is -0.219. The Morgan fingerprint density at radius 3 is 2.17 bits per heavy atom. The molecule has 0 saturated carbocycles. The zero-order valence-electron chi connectivity index (χ0n) is 16.6. The highest BCUT2D eigenvalue weighted by Crippen LogP contribution is 2.23. The summed E-state index contributed by atoms with van der Waals surface area (Å²) in [5, 5.41) is 2.79. The van der Waals surface area contributed by atoms with Crippen molar-refractivity contribution in [2.24, 2.45) is 0 Å². The lowest BCUT2D eigenvalue weighted by Crippen LogP contribution is -2.30. The predicted octanol–water partition coefficient (Wildman–Crippen LogP) is 3.10. The van der Waals surface area contributed by atoms with Crippen molar-refractivity contribution in [3.05, 3.63) is 54.1 Å². The Hall–Kier alpha value is -2.71. The molecule has 1 saturated heterocycles. The van der Waals surface area contributed by atoms with Gasteiger partial charge in [0.2, 0.25) is 15.9 Å². The van der Waals surface area contributed by atoms with Crippen LogP contribution in [0.3, 0.4) is 0 Å². The minimum atomic E-state index is -3.55. The Balaban J connectivity index is 1.69. The van der Waals surface area contributed by atoms with Crippen LogP contribution < -0.4 is 10.2 Å². The van der Waals surface area contributed by atoms with Crippen LogP contribution in [0.4, 0.5) is 11.4 Å². The largest absolute Gasteiger partial charge is 0.322 e. The molecular weight excluding hydrogens is 390 g/mol. The summed E-state index contributed by atoms with van der Waals surface area (Å²) < 4.78 is 26.4. The van der Waals surface area contributed by atoms with E-state index >= 15 is 0 Å². The van der Waals surface area contributed by atoms with E-state index in [-0.39, 0.29) is 16.7 Å². The zero-order valence-corrected chi connectivity index (χ0v) is 17.4. The van der Waals surface area contributed by atoms with Crippen LogP contribution in [-0.4, -0.2) is 44.2 Å². The smallest absolute Gasteiger partial charge is 0.255 e. The fraction of sp³-hybridized carbons (Fsp3) is 0.333. The predicted molar refractivity (Wildman–Crippen MR) is 113 cm³/mol. The molecule has 1 N–H and O–H groups in total. The third-order valence-electron chi connectivity index (χ3n) is 4.97. The van der Waals surface area contributed by atoms with Crippen molar-refractivity contribution in [3.63, 3.8) is 0 Å². The maximum Gasteiger partial charge on any atom is 0.255 e. The van der Waals surface area contributed by atoms with Gasteiger partial charge in [0.15, 0.2) is 0 Å². The number of carbonyl (C=O) groups excluding carboxylic acids is 2. The van der Waals surface area contributed by atoms with Gasteiger partial charge in [-0.3, -0.25) is 9.59 Å². The van der Waals surface area contributed by atoms with Gasteiger partial charge in [0.1, 0.15) is 0 Å². The molecule has 7 nitrogen and oxygen atoms in total. The molecular formula is C21H25N3O4S.